The smallest absolute Gasteiger partial charge is 0 e. The average molecular weight is 408 g/mol. The van der Waals surface area contributed by atoms with Gasteiger partial charge in [-0.25, -0.2) is 0 Å². The molecule has 0 unspecified atom stereocenters. The normalized spacial score (nSPS) is 10.5. The molecule has 5 rings (SSSR count). The first-order valence-corrected chi connectivity index (χ1v) is 8.67. The van der Waals surface area contributed by atoms with Crippen LogP contribution in [-0.4, -0.2) is 5.78 Å². The molecule has 5 aromatic rings. The van der Waals surface area contributed by atoms with Crippen molar-refractivity contribution in [3.63, 3.8) is 0 Å². The summed E-state index contributed by atoms with van der Waals surface area (Å²) in [5.41, 5.74) is 1.41. The standard InChI is InChI=1S/C22H11O.C5H.Fe/c23-22(16-7-1-2-8-16)14-13-21-19-11-5-3-9-17(19)15-18-10-4-6-12-20(18)21;1-2-4-5-3-1;/h3-6,9-15H;1H;/q2*-5;/b14-13+;;. The molecule has 0 N–H and O–H groups in total. The van der Waals surface area contributed by atoms with Gasteiger partial charge in [0.15, 0.2) is 0 Å². The van der Waals surface area contributed by atoms with E-state index >= 15 is 0 Å². The van der Waals surface area contributed by atoms with Crippen LogP contribution in [0.15, 0.2) is 66.7 Å². The number of allylic oxidation sites excluding steroid dienone is 1. The predicted molar refractivity (Wildman–Crippen MR) is 110 cm³/mol. The van der Waals surface area contributed by atoms with Crippen molar-refractivity contribution in [1.82, 2.24) is 0 Å². The van der Waals surface area contributed by atoms with Gasteiger partial charge in [-0.2, -0.15) is 6.08 Å². The fraction of sp³-hybridized carbons (Fsp3) is 0. The molecule has 0 bridgehead atoms. The van der Waals surface area contributed by atoms with Gasteiger partial charge in [-0.15, -0.1) is 0 Å². The van der Waals surface area contributed by atoms with Gasteiger partial charge in [0.25, 0.3) is 0 Å². The maximum Gasteiger partial charge on any atom is 0 e. The third-order valence-electron chi connectivity index (χ3n) is 4.25. The van der Waals surface area contributed by atoms with E-state index in [2.05, 4.69) is 78.9 Å². The molecule has 0 aliphatic carbocycles. The van der Waals surface area contributed by atoms with Crippen molar-refractivity contribution in [2.24, 2.45) is 0 Å². The van der Waals surface area contributed by atoms with Crippen molar-refractivity contribution in [2.45, 2.75) is 0 Å². The molecular weight excluding hydrogens is 396 g/mol. The number of hydrogen-bond acceptors (Lipinski definition) is 1. The molecule has 0 fully saturated rings. The van der Waals surface area contributed by atoms with Gasteiger partial charge in [-0.3, -0.25) is 0 Å². The zero-order valence-corrected chi connectivity index (χ0v) is 16.3. The van der Waals surface area contributed by atoms with Crippen LogP contribution in [0.4, 0.5) is 0 Å². The summed E-state index contributed by atoms with van der Waals surface area (Å²) in [5.74, 6) is -0.139. The molecule has 0 amide bonds. The van der Waals surface area contributed by atoms with Crippen LogP contribution in [0.25, 0.3) is 27.6 Å². The number of ketones is 1. The number of hydrogen-bond donors (Lipinski definition) is 0. The molecule has 0 atom stereocenters. The van der Waals surface area contributed by atoms with Crippen molar-refractivity contribution >= 4 is 33.4 Å². The van der Waals surface area contributed by atoms with Gasteiger partial charge in [-0.05, 0) is 33.2 Å². The Hall–Kier alpha value is -3.19. The molecule has 1 nitrogen and oxygen atoms in total. The van der Waals surface area contributed by atoms with Crippen LogP contribution in [0.1, 0.15) is 15.9 Å². The Bertz CT molecular complexity index is 1140. The van der Waals surface area contributed by atoms with Gasteiger partial charge in [0, 0.05) is 17.1 Å². The molecule has 2 heteroatoms. The SMILES string of the molecule is O=C(/C=C/c1c2ccccc2cc2ccccc12)[c-]1[c-][c-][c-][c-]1.[Fe].[c-]1[c-][c-][cH-][c-]1. The van der Waals surface area contributed by atoms with Gasteiger partial charge < -0.3 is 76.8 Å². The van der Waals surface area contributed by atoms with Gasteiger partial charge in [0.05, 0.1) is 0 Å². The first kappa shape index (κ1) is 20.5. The number of fused-ring (bicyclic) bond motifs is 2. The second-order valence-electron chi connectivity index (χ2n) is 5.99. The third-order valence-corrected chi connectivity index (χ3v) is 4.25. The van der Waals surface area contributed by atoms with E-state index in [0.717, 1.165) is 27.1 Å². The van der Waals surface area contributed by atoms with E-state index in [1.54, 1.807) is 12.1 Å². The van der Waals surface area contributed by atoms with Crippen molar-refractivity contribution in [2.75, 3.05) is 0 Å². The minimum absolute atomic E-state index is 0. The maximum atomic E-state index is 12.2. The second-order valence-corrected chi connectivity index (χ2v) is 5.99. The quantitative estimate of drug-likeness (QED) is 0.128. The van der Waals surface area contributed by atoms with Gasteiger partial charge in [-0.1, -0.05) is 48.5 Å². The Morgan fingerprint density at radius 1 is 0.828 bits per heavy atom. The van der Waals surface area contributed by atoms with Crippen LogP contribution in [0.5, 0.6) is 0 Å². The average Bonchev–Trinajstić information content (AvgIpc) is 3.48. The van der Waals surface area contributed by atoms with Gasteiger partial charge >= 0.3 is 0 Å². The molecule has 0 spiro atoms. The summed E-state index contributed by atoms with van der Waals surface area (Å²) < 4.78 is 0. The molecule has 0 saturated carbocycles. The van der Waals surface area contributed by atoms with E-state index in [-0.39, 0.29) is 22.9 Å². The van der Waals surface area contributed by atoms with Crippen LogP contribution in [0.3, 0.4) is 0 Å². The fourth-order valence-electron chi connectivity index (χ4n) is 2.99. The Balaban J connectivity index is 0.000000352. The minimum Gasteiger partial charge on any atom is -0.999 e. The monoisotopic (exact) mass is 408 g/mol. The van der Waals surface area contributed by atoms with E-state index in [1.807, 2.05) is 30.3 Å². The Kier molecular flexibility index (Phi) is 6.97. The summed E-state index contributed by atoms with van der Waals surface area (Å²) in [6.07, 6.45) is 3.44. The molecule has 0 aliphatic rings. The van der Waals surface area contributed by atoms with Crippen molar-refractivity contribution in [3.8, 4) is 0 Å². The molecular formula is C27H12FeO-10. The summed E-state index contributed by atoms with van der Waals surface area (Å²) in [6.45, 7) is 0. The van der Waals surface area contributed by atoms with Crippen LogP contribution in [0, 0.1) is 48.5 Å². The summed E-state index contributed by atoms with van der Waals surface area (Å²) in [5, 5.41) is 4.57. The maximum absolute atomic E-state index is 12.2. The minimum atomic E-state index is -0.139. The van der Waals surface area contributed by atoms with E-state index in [9.17, 15) is 4.79 Å². The first-order chi connectivity index (χ1) is 13.8. The summed E-state index contributed by atoms with van der Waals surface area (Å²) in [6, 6.07) is 41.2. The molecule has 0 aliphatic heterocycles. The zero-order valence-electron chi connectivity index (χ0n) is 15.2. The Morgan fingerprint density at radius 3 is 1.90 bits per heavy atom. The van der Waals surface area contributed by atoms with Crippen molar-refractivity contribution < 1.29 is 21.9 Å². The molecule has 5 aromatic carbocycles. The number of carbonyl (C=O) groups is 1. The van der Waals surface area contributed by atoms with Gasteiger partial charge in [0.2, 0.25) is 0 Å². The third kappa shape index (κ3) is 4.81. The number of rotatable bonds is 3. The molecule has 0 radical (unpaired) electrons. The van der Waals surface area contributed by atoms with Crippen LogP contribution >= 0.6 is 0 Å². The van der Waals surface area contributed by atoms with Crippen molar-refractivity contribution in [3.05, 3.63) is 126 Å². The first-order valence-electron chi connectivity index (χ1n) is 8.67. The van der Waals surface area contributed by atoms with Crippen LogP contribution in [0.2, 0.25) is 0 Å². The summed E-state index contributed by atoms with van der Waals surface area (Å²) in [4.78, 5) is 12.2. The zero-order chi connectivity index (χ0) is 19.2. The van der Waals surface area contributed by atoms with Gasteiger partial charge in [0.1, 0.15) is 0 Å². The van der Waals surface area contributed by atoms with E-state index < -0.39 is 0 Å². The summed E-state index contributed by atoms with van der Waals surface area (Å²) >= 11 is 0. The molecule has 0 heterocycles. The predicted octanol–water partition coefficient (Wildman–Crippen LogP) is 5.41. The molecule has 144 valence electrons. The second kappa shape index (κ2) is 9.84. The van der Waals surface area contributed by atoms with E-state index in [0.29, 0.717) is 5.56 Å². The van der Waals surface area contributed by atoms with E-state index in [1.165, 1.54) is 0 Å². The Morgan fingerprint density at radius 2 is 1.38 bits per heavy atom. The number of carbonyl (C=O) groups excluding carboxylic acids is 1. The molecule has 29 heavy (non-hydrogen) atoms. The molecule has 0 aromatic heterocycles. The summed E-state index contributed by atoms with van der Waals surface area (Å²) in [7, 11) is 0. The van der Waals surface area contributed by atoms with Crippen LogP contribution in [-0.2, 0) is 17.1 Å². The van der Waals surface area contributed by atoms with Crippen molar-refractivity contribution in [1.29, 1.82) is 0 Å². The van der Waals surface area contributed by atoms with Crippen LogP contribution < -0.4 is 0 Å². The Labute approximate surface area is 181 Å². The fourth-order valence-corrected chi connectivity index (χ4v) is 2.99. The number of benzene rings is 3. The largest absolute Gasteiger partial charge is 0.999 e. The molecule has 0 saturated heterocycles. The van der Waals surface area contributed by atoms with E-state index in [4.69, 9.17) is 0 Å². The topological polar surface area (TPSA) is 17.1 Å².